The molecule has 4 rings (SSSR count). The number of hydrogen-bond acceptors (Lipinski definition) is 3. The quantitative estimate of drug-likeness (QED) is 0.595. The van der Waals surface area contributed by atoms with E-state index >= 15 is 0 Å². The van der Waals surface area contributed by atoms with Gasteiger partial charge in [-0.25, -0.2) is 0 Å². The van der Waals surface area contributed by atoms with Crippen LogP contribution in [0.3, 0.4) is 0 Å². The Hall–Kier alpha value is -2.30. The molecule has 1 aliphatic rings. The number of ether oxygens (including phenoxy) is 1. The number of aromatic nitrogens is 1. The normalized spacial score (nSPS) is 16.0. The van der Waals surface area contributed by atoms with E-state index in [4.69, 9.17) is 4.74 Å². The largest absolute Gasteiger partial charge is 0.494 e. The Morgan fingerprint density at radius 3 is 2.48 bits per heavy atom. The van der Waals surface area contributed by atoms with Crippen LogP contribution in [0.2, 0.25) is 0 Å². The highest BCUT2D eigenvalue weighted by atomic mass is 16.5. The van der Waals surface area contributed by atoms with Crippen molar-refractivity contribution < 1.29 is 4.74 Å². The molecule has 4 nitrogen and oxygen atoms in total. The molecule has 0 N–H and O–H groups in total. The smallest absolute Gasteiger partial charge is 0.119 e. The first kappa shape index (κ1) is 18.1. The van der Waals surface area contributed by atoms with Gasteiger partial charge in [-0.05, 0) is 48.7 Å². The predicted molar refractivity (Wildman–Crippen MR) is 111 cm³/mol. The molecule has 1 aromatic heterocycles. The van der Waals surface area contributed by atoms with Gasteiger partial charge in [0.25, 0.3) is 0 Å². The lowest BCUT2D eigenvalue weighted by Gasteiger charge is -2.32. The molecule has 0 radical (unpaired) electrons. The molecule has 27 heavy (non-hydrogen) atoms. The van der Waals surface area contributed by atoms with Gasteiger partial charge in [0.2, 0.25) is 0 Å². The Morgan fingerprint density at radius 2 is 1.67 bits per heavy atom. The second-order valence-corrected chi connectivity index (χ2v) is 7.49. The fraction of sp³-hybridized carbons (Fsp3) is 0.391. The van der Waals surface area contributed by atoms with Crippen molar-refractivity contribution in [1.82, 2.24) is 14.4 Å². The van der Waals surface area contributed by atoms with Gasteiger partial charge in [-0.3, -0.25) is 4.90 Å². The summed E-state index contributed by atoms with van der Waals surface area (Å²) in [7, 11) is 2.20. The lowest BCUT2D eigenvalue weighted by molar-refractivity contribution is 0.148. The number of likely N-dealkylation sites (N-methyl/N-ethyl adjacent to an activating group) is 1. The second kappa shape index (κ2) is 8.59. The van der Waals surface area contributed by atoms with E-state index in [1.807, 2.05) is 0 Å². The number of rotatable bonds is 7. The van der Waals surface area contributed by atoms with Gasteiger partial charge in [0.15, 0.2) is 0 Å². The fourth-order valence-corrected chi connectivity index (χ4v) is 3.72. The highest BCUT2D eigenvalue weighted by Crippen LogP contribution is 2.17. The van der Waals surface area contributed by atoms with Gasteiger partial charge in [0, 0.05) is 51.0 Å². The van der Waals surface area contributed by atoms with Crippen LogP contribution in [0.4, 0.5) is 0 Å². The molecule has 0 saturated carbocycles. The van der Waals surface area contributed by atoms with Crippen LogP contribution in [-0.4, -0.2) is 54.2 Å². The minimum Gasteiger partial charge on any atom is -0.494 e. The van der Waals surface area contributed by atoms with Gasteiger partial charge < -0.3 is 14.2 Å². The summed E-state index contributed by atoms with van der Waals surface area (Å²) < 4.78 is 8.25. The molecule has 1 saturated heterocycles. The van der Waals surface area contributed by atoms with Crippen LogP contribution in [0.1, 0.15) is 12.0 Å². The van der Waals surface area contributed by atoms with E-state index in [-0.39, 0.29) is 0 Å². The van der Waals surface area contributed by atoms with E-state index in [9.17, 15) is 0 Å². The summed E-state index contributed by atoms with van der Waals surface area (Å²) in [6, 6.07) is 19.3. The summed E-state index contributed by atoms with van der Waals surface area (Å²) in [4.78, 5) is 4.92. The minimum absolute atomic E-state index is 0.740. The van der Waals surface area contributed by atoms with Crippen molar-refractivity contribution in [2.45, 2.75) is 19.5 Å². The third-order valence-electron chi connectivity index (χ3n) is 5.42. The van der Waals surface area contributed by atoms with Crippen LogP contribution < -0.4 is 4.74 Å². The first-order chi connectivity index (χ1) is 13.3. The molecule has 142 valence electrons. The van der Waals surface area contributed by atoms with Crippen LogP contribution in [0.15, 0.2) is 60.8 Å². The van der Waals surface area contributed by atoms with Gasteiger partial charge in [0.05, 0.1) is 6.61 Å². The second-order valence-electron chi connectivity index (χ2n) is 7.49. The SMILES string of the molecule is CN1CCN(Cc2ccc(OCCCn3ccc4ccccc43)cc2)CC1. The first-order valence-electron chi connectivity index (χ1n) is 9.94. The Labute approximate surface area is 162 Å². The van der Waals surface area contributed by atoms with E-state index < -0.39 is 0 Å². The Balaban J connectivity index is 1.22. The summed E-state index contributed by atoms with van der Waals surface area (Å²) in [5.74, 6) is 0.967. The number of nitrogens with zero attached hydrogens (tertiary/aromatic N) is 3. The molecular weight excluding hydrogens is 334 g/mol. The molecule has 2 aromatic carbocycles. The molecule has 4 heteroatoms. The van der Waals surface area contributed by atoms with Crippen LogP contribution in [-0.2, 0) is 13.1 Å². The van der Waals surface area contributed by atoms with Gasteiger partial charge in [-0.1, -0.05) is 30.3 Å². The topological polar surface area (TPSA) is 20.6 Å². The Morgan fingerprint density at radius 1 is 0.889 bits per heavy atom. The standard InChI is InChI=1S/C23H29N3O/c1-24-14-16-25(17-15-24)19-20-7-9-22(10-8-20)27-18-4-12-26-13-11-21-5-2-3-6-23(21)26/h2-3,5-11,13H,4,12,14-19H2,1H3. The van der Waals surface area contributed by atoms with E-state index in [0.29, 0.717) is 0 Å². The van der Waals surface area contributed by atoms with Crippen molar-refractivity contribution in [2.24, 2.45) is 0 Å². The number of benzene rings is 2. The van der Waals surface area contributed by atoms with Crippen LogP contribution in [0.5, 0.6) is 5.75 Å². The number of aryl methyl sites for hydroxylation is 1. The fourth-order valence-electron chi connectivity index (χ4n) is 3.72. The maximum Gasteiger partial charge on any atom is 0.119 e. The van der Waals surface area contributed by atoms with E-state index in [0.717, 1.165) is 58.0 Å². The third-order valence-corrected chi connectivity index (χ3v) is 5.42. The minimum atomic E-state index is 0.740. The van der Waals surface area contributed by atoms with Gasteiger partial charge in [-0.15, -0.1) is 0 Å². The van der Waals surface area contributed by atoms with Crippen molar-refractivity contribution in [3.05, 3.63) is 66.4 Å². The number of para-hydroxylation sites is 1. The molecule has 0 atom stereocenters. The van der Waals surface area contributed by atoms with Crippen LogP contribution >= 0.6 is 0 Å². The zero-order chi connectivity index (χ0) is 18.5. The van der Waals surface area contributed by atoms with Crippen molar-refractivity contribution in [2.75, 3.05) is 39.8 Å². The number of piperazine rings is 1. The lowest BCUT2D eigenvalue weighted by atomic mass is 10.2. The third kappa shape index (κ3) is 4.71. The monoisotopic (exact) mass is 363 g/mol. The van der Waals surface area contributed by atoms with Crippen molar-refractivity contribution in [3.8, 4) is 5.75 Å². The zero-order valence-electron chi connectivity index (χ0n) is 16.2. The Kier molecular flexibility index (Phi) is 5.75. The molecule has 0 amide bonds. The summed E-state index contributed by atoms with van der Waals surface area (Å²) >= 11 is 0. The molecule has 0 unspecified atom stereocenters. The maximum atomic E-state index is 5.94. The van der Waals surface area contributed by atoms with E-state index in [1.165, 1.54) is 16.5 Å². The van der Waals surface area contributed by atoms with E-state index in [1.54, 1.807) is 0 Å². The molecule has 0 bridgehead atoms. The van der Waals surface area contributed by atoms with Crippen molar-refractivity contribution >= 4 is 10.9 Å². The maximum absolute atomic E-state index is 5.94. The number of fused-ring (bicyclic) bond motifs is 1. The highest BCUT2D eigenvalue weighted by molar-refractivity contribution is 5.79. The summed E-state index contributed by atoms with van der Waals surface area (Å²) in [5, 5.41) is 1.30. The molecule has 1 aliphatic heterocycles. The molecule has 2 heterocycles. The number of hydrogen-bond donors (Lipinski definition) is 0. The van der Waals surface area contributed by atoms with Gasteiger partial charge in [0.1, 0.15) is 5.75 Å². The van der Waals surface area contributed by atoms with Gasteiger partial charge in [-0.2, -0.15) is 0 Å². The average Bonchev–Trinajstić information content (AvgIpc) is 3.11. The van der Waals surface area contributed by atoms with Gasteiger partial charge >= 0.3 is 0 Å². The summed E-state index contributed by atoms with van der Waals surface area (Å²) in [5.41, 5.74) is 2.66. The Bertz CT molecular complexity index is 847. The molecule has 0 aliphatic carbocycles. The van der Waals surface area contributed by atoms with Crippen LogP contribution in [0.25, 0.3) is 10.9 Å². The predicted octanol–water partition coefficient (Wildman–Crippen LogP) is 3.86. The molecule has 3 aromatic rings. The highest BCUT2D eigenvalue weighted by Gasteiger charge is 2.13. The lowest BCUT2D eigenvalue weighted by Crippen LogP contribution is -2.43. The molecular formula is C23H29N3O. The average molecular weight is 364 g/mol. The first-order valence-corrected chi connectivity index (χ1v) is 9.94. The van der Waals surface area contributed by atoms with Crippen molar-refractivity contribution in [3.63, 3.8) is 0 Å². The zero-order valence-corrected chi connectivity index (χ0v) is 16.2. The molecule has 0 spiro atoms. The molecule has 1 fully saturated rings. The van der Waals surface area contributed by atoms with E-state index in [2.05, 4.69) is 82.2 Å². The summed E-state index contributed by atoms with van der Waals surface area (Å²) in [6.45, 7) is 7.40. The van der Waals surface area contributed by atoms with Crippen molar-refractivity contribution in [1.29, 1.82) is 0 Å². The van der Waals surface area contributed by atoms with Crippen LogP contribution in [0, 0.1) is 0 Å². The summed E-state index contributed by atoms with van der Waals surface area (Å²) in [6.07, 6.45) is 3.17.